The van der Waals surface area contributed by atoms with Gasteiger partial charge >= 0.3 is 0 Å². The van der Waals surface area contributed by atoms with Gasteiger partial charge in [0.2, 0.25) is 0 Å². The number of para-hydroxylation sites is 1. The van der Waals surface area contributed by atoms with Gasteiger partial charge in [-0.2, -0.15) is 4.52 Å². The van der Waals surface area contributed by atoms with Gasteiger partial charge in [0, 0.05) is 22.2 Å². The van der Waals surface area contributed by atoms with Crippen LogP contribution in [0.4, 0.5) is 5.69 Å². The molecule has 0 spiro atoms. The quantitative estimate of drug-likeness (QED) is 0.531. The first-order valence-corrected chi connectivity index (χ1v) is 7.08. The van der Waals surface area contributed by atoms with Crippen LogP contribution in [0.1, 0.15) is 5.56 Å². The van der Waals surface area contributed by atoms with Crippen LogP contribution >= 0.6 is 11.6 Å². The maximum Gasteiger partial charge on any atom is 0.188 e. The summed E-state index contributed by atoms with van der Waals surface area (Å²) in [6.07, 6.45) is 1.77. The number of fused-ring (bicyclic) bond motifs is 3. The summed E-state index contributed by atoms with van der Waals surface area (Å²) in [6, 6.07) is 17.3. The summed E-state index contributed by atoms with van der Waals surface area (Å²) in [5.41, 5.74) is 3.32. The van der Waals surface area contributed by atoms with Gasteiger partial charge in [-0.15, -0.1) is 5.10 Å². The molecule has 0 aliphatic heterocycles. The normalized spacial score (nSPS) is 11.7. The lowest BCUT2D eigenvalue weighted by Crippen LogP contribution is -1.95. The molecule has 2 aromatic carbocycles. The Morgan fingerprint density at radius 3 is 2.73 bits per heavy atom. The van der Waals surface area contributed by atoms with Gasteiger partial charge in [0.25, 0.3) is 0 Å². The van der Waals surface area contributed by atoms with Crippen molar-refractivity contribution in [3.05, 3.63) is 65.2 Å². The van der Waals surface area contributed by atoms with Crippen molar-refractivity contribution in [2.45, 2.75) is 0 Å². The second-order valence-electron chi connectivity index (χ2n) is 4.81. The number of hydrogen-bond donors (Lipinski definition) is 0. The van der Waals surface area contributed by atoms with Crippen molar-refractivity contribution in [1.29, 1.82) is 0 Å². The highest BCUT2D eigenvalue weighted by molar-refractivity contribution is 6.30. The molecule has 6 heteroatoms. The third-order valence-electron chi connectivity index (χ3n) is 3.38. The fourth-order valence-electron chi connectivity index (χ4n) is 2.33. The number of halogens is 1. The van der Waals surface area contributed by atoms with Crippen LogP contribution in [-0.4, -0.2) is 26.3 Å². The molecule has 2 aromatic heterocycles. The molecule has 0 N–H and O–H groups in total. The smallest absolute Gasteiger partial charge is 0.188 e. The van der Waals surface area contributed by atoms with E-state index in [0.29, 0.717) is 10.7 Å². The number of tetrazole rings is 1. The van der Waals surface area contributed by atoms with E-state index in [9.17, 15) is 0 Å². The van der Waals surface area contributed by atoms with Gasteiger partial charge in [0.05, 0.1) is 11.2 Å². The fraction of sp³-hybridized carbons (Fsp3) is 0. The SMILES string of the molecule is Clc1ccc(N=Cc2cc3ccccc3n3nnnc23)cc1. The number of aromatic nitrogens is 4. The van der Waals surface area contributed by atoms with Crippen LogP contribution in [0, 0.1) is 0 Å². The lowest BCUT2D eigenvalue weighted by molar-refractivity contribution is 0.841. The summed E-state index contributed by atoms with van der Waals surface area (Å²) in [6.45, 7) is 0. The Hall–Kier alpha value is -2.79. The van der Waals surface area contributed by atoms with Gasteiger partial charge in [-0.05, 0) is 46.8 Å². The molecule has 0 atom stereocenters. The lowest BCUT2D eigenvalue weighted by Gasteiger charge is -2.02. The molecule has 4 aromatic rings. The molecular weight excluding hydrogens is 298 g/mol. The summed E-state index contributed by atoms with van der Waals surface area (Å²) < 4.78 is 1.72. The first-order valence-electron chi connectivity index (χ1n) is 6.71. The lowest BCUT2D eigenvalue weighted by atomic mass is 10.1. The Bertz CT molecular complexity index is 988. The van der Waals surface area contributed by atoms with E-state index in [-0.39, 0.29) is 0 Å². The minimum atomic E-state index is 0.677. The maximum absolute atomic E-state index is 5.88. The molecule has 0 saturated heterocycles. The van der Waals surface area contributed by atoms with E-state index < -0.39 is 0 Å². The summed E-state index contributed by atoms with van der Waals surface area (Å²) in [5, 5.41) is 13.6. The Balaban J connectivity index is 1.86. The zero-order valence-corrected chi connectivity index (χ0v) is 12.1. The van der Waals surface area contributed by atoms with E-state index in [2.05, 4.69) is 20.5 Å². The third-order valence-corrected chi connectivity index (χ3v) is 3.63. The number of aliphatic imine (C=N–C) groups is 1. The van der Waals surface area contributed by atoms with Crippen molar-refractivity contribution in [3.63, 3.8) is 0 Å². The van der Waals surface area contributed by atoms with E-state index in [4.69, 9.17) is 11.6 Å². The Morgan fingerprint density at radius 1 is 1.05 bits per heavy atom. The van der Waals surface area contributed by atoms with Gasteiger partial charge in [-0.3, -0.25) is 4.99 Å². The molecule has 0 aliphatic rings. The molecule has 4 rings (SSSR count). The topological polar surface area (TPSA) is 55.4 Å². The van der Waals surface area contributed by atoms with Crippen molar-refractivity contribution in [3.8, 4) is 0 Å². The van der Waals surface area contributed by atoms with Crippen LogP contribution < -0.4 is 0 Å². The Labute approximate surface area is 130 Å². The van der Waals surface area contributed by atoms with E-state index >= 15 is 0 Å². The van der Waals surface area contributed by atoms with E-state index in [1.165, 1.54) is 0 Å². The number of rotatable bonds is 2. The number of hydrogen-bond acceptors (Lipinski definition) is 4. The average Bonchev–Trinajstić information content (AvgIpc) is 3.04. The van der Waals surface area contributed by atoms with Crippen LogP contribution in [0.5, 0.6) is 0 Å². The Kier molecular flexibility index (Phi) is 3.05. The van der Waals surface area contributed by atoms with Crippen molar-refractivity contribution < 1.29 is 0 Å². The van der Waals surface area contributed by atoms with Gasteiger partial charge in [0.15, 0.2) is 5.65 Å². The third kappa shape index (κ3) is 2.21. The number of pyridine rings is 1. The van der Waals surface area contributed by atoms with Crippen molar-refractivity contribution in [2.75, 3.05) is 0 Å². The van der Waals surface area contributed by atoms with E-state index in [1.807, 2.05) is 54.6 Å². The highest BCUT2D eigenvalue weighted by atomic mass is 35.5. The Morgan fingerprint density at radius 2 is 1.86 bits per heavy atom. The van der Waals surface area contributed by atoms with Crippen molar-refractivity contribution in [2.24, 2.45) is 4.99 Å². The largest absolute Gasteiger partial charge is 0.256 e. The molecule has 0 aliphatic carbocycles. The predicted molar refractivity (Wildman–Crippen MR) is 87.0 cm³/mol. The maximum atomic E-state index is 5.88. The zero-order valence-electron chi connectivity index (χ0n) is 11.4. The molecule has 0 radical (unpaired) electrons. The second kappa shape index (κ2) is 5.20. The van der Waals surface area contributed by atoms with Gasteiger partial charge < -0.3 is 0 Å². The average molecular weight is 308 g/mol. The summed E-state index contributed by atoms with van der Waals surface area (Å²) in [4.78, 5) is 4.46. The van der Waals surface area contributed by atoms with Gasteiger partial charge in [0.1, 0.15) is 0 Å². The van der Waals surface area contributed by atoms with Crippen LogP contribution in [0.15, 0.2) is 59.6 Å². The number of nitrogens with zero attached hydrogens (tertiary/aromatic N) is 5. The van der Waals surface area contributed by atoms with Crippen molar-refractivity contribution >= 4 is 40.1 Å². The first-order chi connectivity index (χ1) is 10.8. The van der Waals surface area contributed by atoms with Gasteiger partial charge in [-0.25, -0.2) is 0 Å². The van der Waals surface area contributed by atoms with Crippen molar-refractivity contribution in [1.82, 2.24) is 20.0 Å². The first kappa shape index (κ1) is 12.9. The van der Waals surface area contributed by atoms with Gasteiger partial charge in [-0.1, -0.05) is 29.8 Å². The molecular formula is C16H10ClN5. The van der Waals surface area contributed by atoms with Crippen LogP contribution in [0.25, 0.3) is 16.6 Å². The monoisotopic (exact) mass is 307 g/mol. The number of benzene rings is 2. The molecule has 2 heterocycles. The van der Waals surface area contributed by atoms with E-state index in [0.717, 1.165) is 22.2 Å². The molecule has 5 nitrogen and oxygen atoms in total. The zero-order chi connectivity index (χ0) is 14.9. The fourth-order valence-corrected chi connectivity index (χ4v) is 2.46. The molecule has 0 saturated carbocycles. The standard InChI is InChI=1S/C16H10ClN5/c17-13-5-7-14(8-6-13)18-10-12-9-11-3-1-2-4-15(11)22-16(12)19-20-21-22/h1-10H. The predicted octanol–water partition coefficient (Wildman–Crippen LogP) is 3.68. The highest BCUT2D eigenvalue weighted by Gasteiger charge is 2.07. The molecule has 22 heavy (non-hydrogen) atoms. The minimum Gasteiger partial charge on any atom is -0.256 e. The van der Waals surface area contributed by atoms with E-state index in [1.54, 1.807) is 10.7 Å². The highest BCUT2D eigenvalue weighted by Crippen LogP contribution is 2.20. The van der Waals surface area contributed by atoms with Crippen LogP contribution in [0.2, 0.25) is 5.02 Å². The second-order valence-corrected chi connectivity index (χ2v) is 5.24. The summed E-state index contributed by atoms with van der Waals surface area (Å²) in [7, 11) is 0. The summed E-state index contributed by atoms with van der Waals surface area (Å²) >= 11 is 5.88. The molecule has 0 fully saturated rings. The molecule has 0 bridgehead atoms. The van der Waals surface area contributed by atoms with Crippen LogP contribution in [-0.2, 0) is 0 Å². The minimum absolute atomic E-state index is 0.677. The summed E-state index contributed by atoms with van der Waals surface area (Å²) in [5.74, 6) is 0. The molecule has 0 amide bonds. The molecule has 106 valence electrons. The molecule has 0 unspecified atom stereocenters. The van der Waals surface area contributed by atoms with Crippen LogP contribution in [0.3, 0.4) is 0 Å².